The standard InChI is InChI=1S/C11H18ClF2NO/c1-3-9(12)10(16)15-6-4-5-8(7-15)11(2,13)14/h8-9H,3-7H2,1-2H3/t8-,9-/m1/s1. The van der Waals surface area contributed by atoms with E-state index in [2.05, 4.69) is 0 Å². The van der Waals surface area contributed by atoms with E-state index in [1.807, 2.05) is 6.92 Å². The van der Waals surface area contributed by atoms with Gasteiger partial charge in [0.1, 0.15) is 5.38 Å². The molecule has 0 aromatic carbocycles. The lowest BCUT2D eigenvalue weighted by Crippen LogP contribution is -2.47. The van der Waals surface area contributed by atoms with Gasteiger partial charge in [-0.05, 0) is 26.2 Å². The van der Waals surface area contributed by atoms with E-state index in [0.717, 1.165) is 6.92 Å². The Bertz CT molecular complexity index is 255. The molecule has 0 radical (unpaired) electrons. The van der Waals surface area contributed by atoms with E-state index in [4.69, 9.17) is 11.6 Å². The van der Waals surface area contributed by atoms with Gasteiger partial charge in [0.25, 0.3) is 0 Å². The lowest BCUT2D eigenvalue weighted by atomic mass is 9.92. The molecule has 1 saturated heterocycles. The van der Waals surface area contributed by atoms with E-state index in [1.54, 1.807) is 0 Å². The van der Waals surface area contributed by atoms with E-state index in [-0.39, 0.29) is 12.5 Å². The molecule has 16 heavy (non-hydrogen) atoms. The van der Waals surface area contributed by atoms with Crippen molar-refractivity contribution in [3.63, 3.8) is 0 Å². The second-order valence-corrected chi connectivity index (χ2v) is 4.98. The first-order chi connectivity index (χ1) is 7.36. The SMILES string of the molecule is CC[C@@H](Cl)C(=O)N1CCC[C@@H](C(C)(F)F)C1. The molecule has 0 saturated carbocycles. The minimum Gasteiger partial charge on any atom is -0.341 e. The van der Waals surface area contributed by atoms with Crippen molar-refractivity contribution in [1.82, 2.24) is 4.90 Å². The number of amides is 1. The van der Waals surface area contributed by atoms with Crippen molar-refractivity contribution in [3.05, 3.63) is 0 Å². The fourth-order valence-corrected chi connectivity index (χ4v) is 2.10. The first-order valence-corrected chi connectivity index (χ1v) is 6.10. The van der Waals surface area contributed by atoms with Gasteiger partial charge in [0.05, 0.1) is 0 Å². The second-order valence-electron chi connectivity index (χ2n) is 4.46. The van der Waals surface area contributed by atoms with Gasteiger partial charge in [-0.3, -0.25) is 4.79 Å². The summed E-state index contributed by atoms with van der Waals surface area (Å²) in [4.78, 5) is 13.2. The van der Waals surface area contributed by atoms with Crippen LogP contribution in [0.15, 0.2) is 0 Å². The second kappa shape index (κ2) is 5.30. The smallest absolute Gasteiger partial charge is 0.249 e. The van der Waals surface area contributed by atoms with Crippen LogP contribution in [0.25, 0.3) is 0 Å². The fourth-order valence-electron chi connectivity index (χ4n) is 1.96. The summed E-state index contributed by atoms with van der Waals surface area (Å²) in [7, 11) is 0. The molecular formula is C11H18ClF2NO. The molecule has 94 valence electrons. The number of carbonyl (C=O) groups excluding carboxylic acids is 1. The van der Waals surface area contributed by atoms with E-state index < -0.39 is 17.2 Å². The van der Waals surface area contributed by atoms with Gasteiger partial charge < -0.3 is 4.90 Å². The van der Waals surface area contributed by atoms with Gasteiger partial charge in [-0.2, -0.15) is 0 Å². The van der Waals surface area contributed by atoms with Crippen LogP contribution in [0, 0.1) is 5.92 Å². The first kappa shape index (κ1) is 13.7. The third kappa shape index (κ3) is 3.30. The minimum absolute atomic E-state index is 0.131. The average Bonchev–Trinajstić information content (AvgIpc) is 2.26. The maximum absolute atomic E-state index is 13.2. The average molecular weight is 254 g/mol. The molecule has 1 rings (SSSR count). The van der Waals surface area contributed by atoms with E-state index in [9.17, 15) is 13.6 Å². The molecule has 0 N–H and O–H groups in total. The molecule has 1 aliphatic heterocycles. The van der Waals surface area contributed by atoms with Crippen molar-refractivity contribution in [3.8, 4) is 0 Å². The van der Waals surface area contributed by atoms with Crippen molar-refractivity contribution < 1.29 is 13.6 Å². The maximum Gasteiger partial charge on any atom is 0.249 e. The molecule has 0 aliphatic carbocycles. The number of hydrogen-bond acceptors (Lipinski definition) is 1. The van der Waals surface area contributed by atoms with E-state index in [0.29, 0.717) is 25.8 Å². The van der Waals surface area contributed by atoms with Crippen LogP contribution in [-0.2, 0) is 4.79 Å². The van der Waals surface area contributed by atoms with Gasteiger partial charge in [0, 0.05) is 19.0 Å². The Morgan fingerprint density at radius 3 is 2.75 bits per heavy atom. The maximum atomic E-state index is 13.2. The predicted octanol–water partition coefficient (Wildman–Crippen LogP) is 2.90. The normalized spacial score (nSPS) is 24.3. The van der Waals surface area contributed by atoms with Gasteiger partial charge in [-0.25, -0.2) is 8.78 Å². The minimum atomic E-state index is -2.72. The fraction of sp³-hybridized carbons (Fsp3) is 0.909. The summed E-state index contributed by atoms with van der Waals surface area (Å²) in [6, 6.07) is 0. The Morgan fingerprint density at radius 1 is 1.62 bits per heavy atom. The number of alkyl halides is 3. The van der Waals surface area contributed by atoms with Crippen LogP contribution in [0.2, 0.25) is 0 Å². The number of rotatable bonds is 3. The van der Waals surface area contributed by atoms with Gasteiger partial charge >= 0.3 is 0 Å². The summed E-state index contributed by atoms with van der Waals surface area (Å²) < 4.78 is 26.3. The lowest BCUT2D eigenvalue weighted by Gasteiger charge is -2.36. The monoisotopic (exact) mass is 253 g/mol. The number of nitrogens with zero attached hydrogens (tertiary/aromatic N) is 1. The van der Waals surface area contributed by atoms with Gasteiger partial charge in [-0.1, -0.05) is 6.92 Å². The highest BCUT2D eigenvalue weighted by molar-refractivity contribution is 6.30. The van der Waals surface area contributed by atoms with Crippen molar-refractivity contribution in [2.24, 2.45) is 5.92 Å². The zero-order valence-electron chi connectivity index (χ0n) is 9.68. The molecule has 2 nitrogen and oxygen atoms in total. The molecule has 0 bridgehead atoms. The van der Waals surface area contributed by atoms with Gasteiger partial charge in [0.15, 0.2) is 0 Å². The van der Waals surface area contributed by atoms with Crippen LogP contribution < -0.4 is 0 Å². The van der Waals surface area contributed by atoms with Crippen LogP contribution in [-0.4, -0.2) is 35.2 Å². The zero-order valence-corrected chi connectivity index (χ0v) is 10.4. The molecule has 0 spiro atoms. The van der Waals surface area contributed by atoms with Crippen molar-refractivity contribution >= 4 is 17.5 Å². The highest BCUT2D eigenvalue weighted by Gasteiger charge is 2.38. The topological polar surface area (TPSA) is 20.3 Å². The Kier molecular flexibility index (Phi) is 4.53. The molecule has 0 unspecified atom stereocenters. The van der Waals surface area contributed by atoms with Crippen LogP contribution in [0.1, 0.15) is 33.1 Å². The molecule has 1 amide bonds. The molecule has 1 fully saturated rings. The van der Waals surface area contributed by atoms with Crippen LogP contribution in [0.3, 0.4) is 0 Å². The number of likely N-dealkylation sites (tertiary alicyclic amines) is 1. The molecular weight excluding hydrogens is 236 g/mol. The van der Waals surface area contributed by atoms with Gasteiger partial charge in [0.2, 0.25) is 11.8 Å². The number of hydrogen-bond donors (Lipinski definition) is 0. The Morgan fingerprint density at radius 2 is 2.25 bits per heavy atom. The Labute approximate surface area is 99.9 Å². The summed E-state index contributed by atoms with van der Waals surface area (Å²) in [6.07, 6.45) is 1.64. The summed E-state index contributed by atoms with van der Waals surface area (Å²) in [5.74, 6) is -3.66. The highest BCUT2D eigenvalue weighted by Crippen LogP contribution is 2.31. The molecule has 1 aliphatic rings. The number of piperidine rings is 1. The lowest BCUT2D eigenvalue weighted by molar-refractivity contribution is -0.136. The molecule has 0 aromatic rings. The van der Waals surface area contributed by atoms with Crippen LogP contribution in [0.5, 0.6) is 0 Å². The predicted molar refractivity (Wildman–Crippen MR) is 59.9 cm³/mol. The summed E-state index contributed by atoms with van der Waals surface area (Å²) in [5, 5.41) is -0.579. The summed E-state index contributed by atoms with van der Waals surface area (Å²) >= 11 is 5.83. The summed E-state index contributed by atoms with van der Waals surface area (Å²) in [5.41, 5.74) is 0. The molecule has 0 aromatic heterocycles. The molecule has 1 heterocycles. The number of carbonyl (C=O) groups is 1. The van der Waals surface area contributed by atoms with Crippen LogP contribution >= 0.6 is 11.6 Å². The van der Waals surface area contributed by atoms with E-state index >= 15 is 0 Å². The van der Waals surface area contributed by atoms with Crippen molar-refractivity contribution in [2.75, 3.05) is 13.1 Å². The highest BCUT2D eigenvalue weighted by atomic mass is 35.5. The third-order valence-electron chi connectivity index (χ3n) is 3.08. The Hall–Kier alpha value is -0.380. The van der Waals surface area contributed by atoms with Crippen molar-refractivity contribution in [2.45, 2.75) is 44.4 Å². The molecule has 5 heteroatoms. The Balaban J connectivity index is 2.60. The zero-order chi connectivity index (χ0) is 12.3. The van der Waals surface area contributed by atoms with Gasteiger partial charge in [-0.15, -0.1) is 11.6 Å². The van der Waals surface area contributed by atoms with Crippen LogP contribution in [0.4, 0.5) is 8.78 Å². The quantitative estimate of drug-likeness (QED) is 0.709. The third-order valence-corrected chi connectivity index (χ3v) is 3.57. The number of halogens is 3. The first-order valence-electron chi connectivity index (χ1n) is 5.67. The largest absolute Gasteiger partial charge is 0.341 e. The van der Waals surface area contributed by atoms with E-state index in [1.165, 1.54) is 4.90 Å². The molecule has 2 atom stereocenters. The van der Waals surface area contributed by atoms with Crippen molar-refractivity contribution in [1.29, 1.82) is 0 Å². The summed E-state index contributed by atoms with van der Waals surface area (Å²) in [6.45, 7) is 3.41.